The molecule has 0 heterocycles. The van der Waals surface area contributed by atoms with Crippen LogP contribution in [0.3, 0.4) is 0 Å². The van der Waals surface area contributed by atoms with E-state index in [0.29, 0.717) is 5.92 Å². The smallest absolute Gasteiger partial charge is 0.307 e. The quantitative estimate of drug-likeness (QED) is 0.770. The highest BCUT2D eigenvalue weighted by Crippen LogP contribution is 2.64. The molecule has 2 fully saturated rings. The number of rotatable bonds is 3. The molecule has 2 saturated carbocycles. The highest BCUT2D eigenvalue weighted by molar-refractivity contribution is 5.72. The minimum absolute atomic E-state index is 0.129. The number of carboxylic acid groups (broad SMARTS) is 1. The largest absolute Gasteiger partial charge is 0.481 e. The second kappa shape index (κ2) is 3.85. The van der Waals surface area contributed by atoms with E-state index >= 15 is 0 Å². The van der Waals surface area contributed by atoms with Crippen molar-refractivity contribution in [3.05, 3.63) is 12.2 Å². The number of carbonyl (C=O) groups is 1. The summed E-state index contributed by atoms with van der Waals surface area (Å²) in [5.41, 5.74) is 0.425. The predicted molar refractivity (Wildman–Crippen MR) is 71.2 cm³/mol. The maximum Gasteiger partial charge on any atom is 0.307 e. The van der Waals surface area contributed by atoms with Crippen LogP contribution in [0, 0.1) is 28.6 Å². The summed E-state index contributed by atoms with van der Waals surface area (Å²) in [4.78, 5) is 11.3. The molecule has 0 aromatic heterocycles. The molecule has 0 aromatic rings. The van der Waals surface area contributed by atoms with Gasteiger partial charge in [0.05, 0.1) is 5.92 Å². The van der Waals surface area contributed by atoms with Gasteiger partial charge in [-0.1, -0.05) is 38.8 Å². The van der Waals surface area contributed by atoms with Gasteiger partial charge in [-0.15, -0.1) is 0 Å². The van der Waals surface area contributed by atoms with E-state index in [0.717, 1.165) is 18.8 Å². The van der Waals surface area contributed by atoms with Gasteiger partial charge in [-0.2, -0.15) is 0 Å². The molecule has 2 bridgehead atoms. The van der Waals surface area contributed by atoms with Crippen molar-refractivity contribution in [1.29, 1.82) is 0 Å². The molecule has 2 heteroatoms. The first kappa shape index (κ1) is 12.3. The van der Waals surface area contributed by atoms with E-state index in [1.807, 2.05) is 0 Å². The van der Waals surface area contributed by atoms with Crippen LogP contribution >= 0.6 is 0 Å². The molecule has 3 atom stereocenters. The first-order valence-electron chi connectivity index (χ1n) is 7.38. The Morgan fingerprint density at radius 3 is 2.50 bits per heavy atom. The van der Waals surface area contributed by atoms with Crippen LogP contribution in [-0.2, 0) is 4.79 Å². The summed E-state index contributed by atoms with van der Waals surface area (Å²) in [5, 5.41) is 9.35. The number of allylic oxidation sites excluding steroid dienone is 2. The zero-order valence-electron chi connectivity index (χ0n) is 11.5. The Balaban J connectivity index is 1.88. The van der Waals surface area contributed by atoms with Crippen molar-refractivity contribution in [3.63, 3.8) is 0 Å². The second-order valence-corrected chi connectivity index (χ2v) is 7.24. The topological polar surface area (TPSA) is 37.3 Å². The zero-order valence-corrected chi connectivity index (χ0v) is 11.5. The first-order valence-corrected chi connectivity index (χ1v) is 7.38. The lowest BCUT2D eigenvalue weighted by molar-refractivity contribution is -0.143. The lowest BCUT2D eigenvalue weighted by Gasteiger charge is -2.46. The summed E-state index contributed by atoms with van der Waals surface area (Å²) in [6.07, 6.45) is 11.9. The Bertz CT molecular complexity index is 390. The van der Waals surface area contributed by atoms with Gasteiger partial charge in [0.2, 0.25) is 0 Å². The van der Waals surface area contributed by atoms with Crippen LogP contribution in [0.4, 0.5) is 0 Å². The van der Waals surface area contributed by atoms with Crippen molar-refractivity contribution >= 4 is 5.97 Å². The van der Waals surface area contributed by atoms with Gasteiger partial charge < -0.3 is 5.11 Å². The van der Waals surface area contributed by atoms with E-state index in [2.05, 4.69) is 26.0 Å². The van der Waals surface area contributed by atoms with Gasteiger partial charge in [-0.25, -0.2) is 0 Å². The minimum Gasteiger partial charge on any atom is -0.481 e. The molecule has 3 rings (SSSR count). The molecule has 0 radical (unpaired) electrons. The maximum atomic E-state index is 11.3. The summed E-state index contributed by atoms with van der Waals surface area (Å²) < 4.78 is 0. The summed E-state index contributed by atoms with van der Waals surface area (Å²) in [5.74, 6) is 0.362. The summed E-state index contributed by atoms with van der Waals surface area (Å²) in [6, 6.07) is 0. The molecule has 18 heavy (non-hydrogen) atoms. The fourth-order valence-corrected chi connectivity index (χ4v) is 4.90. The third-order valence-corrected chi connectivity index (χ3v) is 6.34. The van der Waals surface area contributed by atoms with Crippen molar-refractivity contribution < 1.29 is 9.90 Å². The highest BCUT2D eigenvalue weighted by Gasteiger charge is 2.58. The number of hydrogen-bond acceptors (Lipinski definition) is 1. The molecule has 2 nitrogen and oxygen atoms in total. The van der Waals surface area contributed by atoms with E-state index in [1.165, 1.54) is 25.7 Å². The van der Waals surface area contributed by atoms with Crippen molar-refractivity contribution in [3.8, 4) is 0 Å². The van der Waals surface area contributed by atoms with Gasteiger partial charge in [0, 0.05) is 0 Å². The SMILES string of the molecule is CC(C)(C1CCCC1)C12C=CC(C1)C(C(=O)O)C2. The average molecular weight is 248 g/mol. The van der Waals surface area contributed by atoms with Crippen molar-refractivity contribution in [2.75, 3.05) is 0 Å². The summed E-state index contributed by atoms with van der Waals surface area (Å²) >= 11 is 0. The predicted octanol–water partition coefficient (Wildman–Crippen LogP) is 3.87. The van der Waals surface area contributed by atoms with Crippen LogP contribution in [0.5, 0.6) is 0 Å². The second-order valence-electron chi connectivity index (χ2n) is 7.24. The molecule has 3 unspecified atom stereocenters. The van der Waals surface area contributed by atoms with Crippen LogP contribution in [0.1, 0.15) is 52.4 Å². The molecule has 0 aromatic carbocycles. The van der Waals surface area contributed by atoms with Crippen LogP contribution in [0.2, 0.25) is 0 Å². The Morgan fingerprint density at radius 2 is 1.94 bits per heavy atom. The van der Waals surface area contributed by atoms with E-state index in [4.69, 9.17) is 0 Å². The molecule has 0 spiro atoms. The van der Waals surface area contributed by atoms with Gasteiger partial charge in [-0.3, -0.25) is 4.79 Å². The summed E-state index contributed by atoms with van der Waals surface area (Å²) in [7, 11) is 0. The summed E-state index contributed by atoms with van der Waals surface area (Å²) in [6.45, 7) is 4.78. The van der Waals surface area contributed by atoms with Crippen molar-refractivity contribution in [2.45, 2.75) is 52.4 Å². The Hall–Kier alpha value is -0.790. The van der Waals surface area contributed by atoms with Crippen molar-refractivity contribution in [1.82, 2.24) is 0 Å². The number of carboxylic acids is 1. The van der Waals surface area contributed by atoms with Gasteiger partial charge in [0.1, 0.15) is 0 Å². The molecule has 100 valence electrons. The Kier molecular flexibility index (Phi) is 2.62. The van der Waals surface area contributed by atoms with Crippen molar-refractivity contribution in [2.24, 2.45) is 28.6 Å². The molecule has 0 saturated heterocycles. The van der Waals surface area contributed by atoms with E-state index < -0.39 is 5.97 Å². The average Bonchev–Trinajstić information content (AvgIpc) is 3.05. The van der Waals surface area contributed by atoms with Crippen LogP contribution < -0.4 is 0 Å². The minimum atomic E-state index is -0.589. The standard InChI is InChI=1S/C16H24O2/c1-15(2,12-5-3-4-6-12)16-8-7-11(9-16)13(10-16)14(17)18/h7-8,11-13H,3-6,9-10H2,1-2H3,(H,17,18). The molecule has 0 amide bonds. The molecular weight excluding hydrogens is 224 g/mol. The molecular formula is C16H24O2. The maximum absolute atomic E-state index is 11.3. The van der Waals surface area contributed by atoms with Gasteiger partial charge in [-0.05, 0) is 48.3 Å². The fraction of sp³-hybridized carbons (Fsp3) is 0.812. The van der Waals surface area contributed by atoms with Crippen LogP contribution in [-0.4, -0.2) is 11.1 Å². The van der Waals surface area contributed by atoms with E-state index in [1.54, 1.807) is 0 Å². The Morgan fingerprint density at radius 1 is 1.28 bits per heavy atom. The number of fused-ring (bicyclic) bond motifs is 2. The third kappa shape index (κ3) is 1.50. The third-order valence-electron chi connectivity index (χ3n) is 6.34. The van der Waals surface area contributed by atoms with Gasteiger partial charge in [0.25, 0.3) is 0 Å². The molecule has 1 N–H and O–H groups in total. The normalized spacial score (nSPS) is 39.7. The van der Waals surface area contributed by atoms with Crippen LogP contribution in [0.25, 0.3) is 0 Å². The lowest BCUT2D eigenvalue weighted by atomic mass is 9.58. The van der Waals surface area contributed by atoms with E-state index in [-0.39, 0.29) is 16.7 Å². The monoisotopic (exact) mass is 248 g/mol. The first-order chi connectivity index (χ1) is 8.46. The zero-order chi connectivity index (χ0) is 13.0. The van der Waals surface area contributed by atoms with Gasteiger partial charge in [0.15, 0.2) is 0 Å². The molecule has 3 aliphatic carbocycles. The molecule has 3 aliphatic rings. The van der Waals surface area contributed by atoms with E-state index in [9.17, 15) is 9.90 Å². The highest BCUT2D eigenvalue weighted by atomic mass is 16.4. The fourth-order valence-electron chi connectivity index (χ4n) is 4.90. The molecule has 0 aliphatic heterocycles. The van der Waals surface area contributed by atoms with Crippen LogP contribution in [0.15, 0.2) is 12.2 Å². The lowest BCUT2D eigenvalue weighted by Crippen LogP contribution is -2.39. The number of aliphatic carboxylic acids is 1. The van der Waals surface area contributed by atoms with Gasteiger partial charge >= 0.3 is 5.97 Å². The Labute approximate surface area is 109 Å². The number of hydrogen-bond donors (Lipinski definition) is 1.